The van der Waals surface area contributed by atoms with Gasteiger partial charge < -0.3 is 10.2 Å². The molecule has 0 spiro atoms. The van der Waals surface area contributed by atoms with Gasteiger partial charge in [0.2, 0.25) is 5.91 Å². The lowest BCUT2D eigenvalue weighted by molar-refractivity contribution is -0.135. The highest BCUT2D eigenvalue weighted by molar-refractivity contribution is 5.76. The highest BCUT2D eigenvalue weighted by Gasteiger charge is 2.33. The van der Waals surface area contributed by atoms with E-state index in [4.69, 9.17) is 0 Å². The van der Waals surface area contributed by atoms with Crippen LogP contribution in [0.2, 0.25) is 0 Å². The second kappa shape index (κ2) is 7.13. The predicted molar refractivity (Wildman–Crippen MR) is 86.0 cm³/mol. The molecule has 0 aromatic carbocycles. The molecule has 21 heavy (non-hydrogen) atoms. The van der Waals surface area contributed by atoms with E-state index >= 15 is 0 Å². The van der Waals surface area contributed by atoms with Crippen LogP contribution in [0.4, 0.5) is 0 Å². The Bertz CT molecular complexity index is 351. The third kappa shape index (κ3) is 3.80. The second-order valence-corrected chi connectivity index (χ2v) is 7.72. The van der Waals surface area contributed by atoms with Crippen molar-refractivity contribution >= 4 is 5.91 Å². The molecular weight excluding hydrogens is 260 g/mol. The molecule has 3 aliphatic rings. The minimum absolute atomic E-state index is 0.428. The molecule has 1 amide bonds. The average Bonchev–Trinajstić information content (AvgIpc) is 2.55. The molecule has 2 heterocycles. The van der Waals surface area contributed by atoms with Crippen LogP contribution in [-0.4, -0.2) is 37.0 Å². The molecule has 1 N–H and O–H groups in total. The molecule has 2 aliphatic heterocycles. The van der Waals surface area contributed by atoms with Crippen molar-refractivity contribution in [3.8, 4) is 0 Å². The summed E-state index contributed by atoms with van der Waals surface area (Å²) < 4.78 is 0. The molecule has 120 valence electrons. The molecule has 3 rings (SSSR count). The lowest BCUT2D eigenvalue weighted by Gasteiger charge is -2.42. The van der Waals surface area contributed by atoms with E-state index in [1.807, 2.05) is 0 Å². The van der Waals surface area contributed by atoms with Crippen LogP contribution in [0.5, 0.6) is 0 Å². The molecular formula is C18H32N2O. The van der Waals surface area contributed by atoms with E-state index in [1.165, 1.54) is 44.9 Å². The number of rotatable bonds is 3. The minimum Gasteiger partial charge on any atom is -0.342 e. The van der Waals surface area contributed by atoms with Crippen molar-refractivity contribution in [3.63, 3.8) is 0 Å². The molecule has 3 fully saturated rings. The Morgan fingerprint density at radius 2 is 1.95 bits per heavy atom. The number of carbonyl (C=O) groups is 1. The summed E-state index contributed by atoms with van der Waals surface area (Å²) in [6.45, 7) is 6.63. The Balaban J connectivity index is 1.48. The molecule has 0 radical (unpaired) electrons. The Hall–Kier alpha value is -0.570. The minimum atomic E-state index is 0.428. The summed E-state index contributed by atoms with van der Waals surface area (Å²) in [6, 6.07) is 0. The monoisotopic (exact) mass is 292 g/mol. The van der Waals surface area contributed by atoms with Crippen LogP contribution in [0.1, 0.15) is 58.3 Å². The van der Waals surface area contributed by atoms with E-state index in [-0.39, 0.29) is 0 Å². The number of amides is 1. The van der Waals surface area contributed by atoms with Crippen LogP contribution in [0.25, 0.3) is 0 Å². The standard InChI is InChI=1S/C18H32N2O/c1-14(16-7-4-9-19-12-16)11-18(21)20-10-8-15-5-2-3-6-17(15)13-20/h14-17,19H,2-13H2,1H3. The van der Waals surface area contributed by atoms with E-state index in [0.717, 1.165) is 44.4 Å². The SMILES string of the molecule is CC(CC(=O)N1CCC2CCCCC2C1)C1CCCNC1. The van der Waals surface area contributed by atoms with Crippen LogP contribution >= 0.6 is 0 Å². The number of nitrogens with zero attached hydrogens (tertiary/aromatic N) is 1. The van der Waals surface area contributed by atoms with Gasteiger partial charge in [-0.15, -0.1) is 0 Å². The highest BCUT2D eigenvalue weighted by Crippen LogP contribution is 2.36. The van der Waals surface area contributed by atoms with Crippen molar-refractivity contribution in [1.29, 1.82) is 0 Å². The molecule has 4 atom stereocenters. The normalized spacial score (nSPS) is 35.1. The fourth-order valence-corrected chi connectivity index (χ4v) is 4.76. The number of fused-ring (bicyclic) bond motifs is 1. The molecule has 0 aromatic heterocycles. The van der Waals surface area contributed by atoms with Crippen LogP contribution in [0.3, 0.4) is 0 Å². The summed E-state index contributed by atoms with van der Waals surface area (Å²) in [5.74, 6) is 3.40. The van der Waals surface area contributed by atoms with Crippen LogP contribution in [0.15, 0.2) is 0 Å². The molecule has 2 saturated heterocycles. The van der Waals surface area contributed by atoms with E-state index in [9.17, 15) is 4.79 Å². The molecule has 0 aromatic rings. The van der Waals surface area contributed by atoms with E-state index in [1.54, 1.807) is 0 Å². The molecule has 3 nitrogen and oxygen atoms in total. The first-order chi connectivity index (χ1) is 10.2. The zero-order valence-electron chi connectivity index (χ0n) is 13.7. The Kier molecular flexibility index (Phi) is 5.20. The van der Waals surface area contributed by atoms with Gasteiger partial charge in [-0.05, 0) is 62.4 Å². The number of piperidine rings is 2. The summed E-state index contributed by atoms with van der Waals surface area (Å²) in [5.41, 5.74) is 0. The first kappa shape index (κ1) is 15.3. The number of hydrogen-bond acceptors (Lipinski definition) is 2. The van der Waals surface area contributed by atoms with Gasteiger partial charge in [0.15, 0.2) is 0 Å². The maximum Gasteiger partial charge on any atom is 0.222 e. The van der Waals surface area contributed by atoms with Gasteiger partial charge in [0.05, 0.1) is 0 Å². The summed E-state index contributed by atoms with van der Waals surface area (Å²) in [4.78, 5) is 14.8. The molecule has 0 bridgehead atoms. The smallest absolute Gasteiger partial charge is 0.222 e. The summed E-state index contributed by atoms with van der Waals surface area (Å²) >= 11 is 0. The van der Waals surface area contributed by atoms with Crippen molar-refractivity contribution in [1.82, 2.24) is 10.2 Å². The van der Waals surface area contributed by atoms with Crippen LogP contribution < -0.4 is 5.32 Å². The first-order valence-electron chi connectivity index (χ1n) is 9.22. The number of likely N-dealkylation sites (tertiary alicyclic amines) is 1. The first-order valence-corrected chi connectivity index (χ1v) is 9.22. The van der Waals surface area contributed by atoms with Gasteiger partial charge in [-0.25, -0.2) is 0 Å². The lowest BCUT2D eigenvalue weighted by atomic mass is 9.75. The van der Waals surface area contributed by atoms with Gasteiger partial charge in [-0.2, -0.15) is 0 Å². The fourth-order valence-electron chi connectivity index (χ4n) is 4.76. The van der Waals surface area contributed by atoms with Crippen LogP contribution in [0, 0.1) is 23.7 Å². The summed E-state index contributed by atoms with van der Waals surface area (Å²) in [5, 5.41) is 3.48. The predicted octanol–water partition coefficient (Wildman–Crippen LogP) is 3.05. The zero-order valence-corrected chi connectivity index (χ0v) is 13.7. The molecule has 4 unspecified atom stereocenters. The number of carbonyl (C=O) groups excluding carboxylic acids is 1. The largest absolute Gasteiger partial charge is 0.342 e. The van der Waals surface area contributed by atoms with Gasteiger partial charge in [-0.1, -0.05) is 26.2 Å². The van der Waals surface area contributed by atoms with E-state index in [0.29, 0.717) is 17.7 Å². The van der Waals surface area contributed by atoms with Crippen molar-refractivity contribution in [3.05, 3.63) is 0 Å². The van der Waals surface area contributed by atoms with Crippen molar-refractivity contribution in [2.45, 2.75) is 58.3 Å². The lowest BCUT2D eigenvalue weighted by Crippen LogP contribution is -2.45. The Morgan fingerprint density at radius 1 is 1.14 bits per heavy atom. The number of nitrogens with one attached hydrogen (secondary N) is 1. The molecule has 1 saturated carbocycles. The van der Waals surface area contributed by atoms with Crippen molar-refractivity contribution in [2.75, 3.05) is 26.2 Å². The van der Waals surface area contributed by atoms with Gasteiger partial charge >= 0.3 is 0 Å². The van der Waals surface area contributed by atoms with Crippen molar-refractivity contribution < 1.29 is 4.79 Å². The van der Waals surface area contributed by atoms with Gasteiger partial charge in [0.25, 0.3) is 0 Å². The molecule has 3 heteroatoms. The highest BCUT2D eigenvalue weighted by atomic mass is 16.2. The number of hydrogen-bond donors (Lipinski definition) is 1. The molecule has 1 aliphatic carbocycles. The third-order valence-corrected chi connectivity index (χ3v) is 6.28. The maximum absolute atomic E-state index is 12.6. The van der Waals surface area contributed by atoms with Gasteiger partial charge in [0.1, 0.15) is 0 Å². The van der Waals surface area contributed by atoms with E-state index in [2.05, 4.69) is 17.1 Å². The Labute approximate surface area is 129 Å². The van der Waals surface area contributed by atoms with E-state index < -0.39 is 0 Å². The average molecular weight is 292 g/mol. The Morgan fingerprint density at radius 3 is 2.71 bits per heavy atom. The fraction of sp³-hybridized carbons (Fsp3) is 0.944. The van der Waals surface area contributed by atoms with Gasteiger partial charge in [-0.3, -0.25) is 4.79 Å². The second-order valence-electron chi connectivity index (χ2n) is 7.72. The third-order valence-electron chi connectivity index (χ3n) is 6.28. The quantitative estimate of drug-likeness (QED) is 0.867. The van der Waals surface area contributed by atoms with Gasteiger partial charge in [0, 0.05) is 19.5 Å². The topological polar surface area (TPSA) is 32.3 Å². The van der Waals surface area contributed by atoms with Crippen LogP contribution in [-0.2, 0) is 4.79 Å². The van der Waals surface area contributed by atoms with Crippen molar-refractivity contribution in [2.24, 2.45) is 23.7 Å². The zero-order chi connectivity index (χ0) is 14.7. The maximum atomic E-state index is 12.6. The summed E-state index contributed by atoms with van der Waals surface area (Å²) in [6.07, 6.45) is 10.2. The summed E-state index contributed by atoms with van der Waals surface area (Å²) in [7, 11) is 0.